The minimum absolute atomic E-state index is 0.00554. The van der Waals surface area contributed by atoms with Gasteiger partial charge in [0, 0.05) is 36.0 Å². The zero-order valence-electron chi connectivity index (χ0n) is 17.1. The third kappa shape index (κ3) is 3.15. The minimum atomic E-state index is -5.15. The zero-order chi connectivity index (χ0) is 22.7. The second-order valence-corrected chi connectivity index (χ2v) is 10.5. The molecule has 0 bridgehead atoms. The Morgan fingerprint density at radius 1 is 1.31 bits per heavy atom. The van der Waals surface area contributed by atoms with E-state index in [2.05, 4.69) is 19.9 Å². The zero-order valence-corrected chi connectivity index (χ0v) is 18.0. The predicted octanol–water partition coefficient (Wildman–Crippen LogP) is 3.80. The van der Waals surface area contributed by atoms with Crippen molar-refractivity contribution < 1.29 is 22.1 Å². The van der Waals surface area contributed by atoms with Crippen LogP contribution in [0.1, 0.15) is 25.5 Å². The van der Waals surface area contributed by atoms with Crippen LogP contribution in [-0.4, -0.2) is 55.5 Å². The van der Waals surface area contributed by atoms with Gasteiger partial charge < -0.3 is 14.6 Å². The van der Waals surface area contributed by atoms with Gasteiger partial charge in [-0.1, -0.05) is 0 Å². The molecule has 2 N–H and O–H groups in total. The number of nitrogens with one attached hydrogen (secondary N) is 2. The van der Waals surface area contributed by atoms with Crippen LogP contribution in [0.25, 0.3) is 22.4 Å². The number of anilines is 1. The van der Waals surface area contributed by atoms with E-state index in [0.29, 0.717) is 36.8 Å². The Kier molecular flexibility index (Phi) is 4.71. The summed E-state index contributed by atoms with van der Waals surface area (Å²) >= 11 is 0. The summed E-state index contributed by atoms with van der Waals surface area (Å²) < 4.78 is 65.0. The second kappa shape index (κ2) is 7.14. The van der Waals surface area contributed by atoms with E-state index in [1.54, 1.807) is 24.5 Å². The highest BCUT2D eigenvalue weighted by atomic mass is 32.2. The van der Waals surface area contributed by atoms with Crippen molar-refractivity contribution in [2.24, 2.45) is 0 Å². The molecule has 0 amide bonds. The van der Waals surface area contributed by atoms with Gasteiger partial charge in [-0.2, -0.15) is 13.2 Å². The molecule has 32 heavy (non-hydrogen) atoms. The number of pyridine rings is 1. The van der Waals surface area contributed by atoms with E-state index >= 15 is 0 Å². The van der Waals surface area contributed by atoms with Crippen LogP contribution in [0.2, 0.25) is 0 Å². The van der Waals surface area contributed by atoms with Crippen LogP contribution in [0, 0.1) is 4.78 Å². The number of aromatic nitrogens is 4. The Hall–Kier alpha value is -2.73. The highest BCUT2D eigenvalue weighted by Crippen LogP contribution is 2.57. The molecule has 0 aromatic carbocycles. The van der Waals surface area contributed by atoms with Gasteiger partial charge in [-0.3, -0.25) is 0 Å². The van der Waals surface area contributed by atoms with Crippen molar-refractivity contribution in [3.8, 4) is 11.4 Å². The molecule has 0 radical (unpaired) electrons. The maximum atomic E-state index is 13.6. The van der Waals surface area contributed by atoms with Gasteiger partial charge >= 0.3 is 5.51 Å². The summed E-state index contributed by atoms with van der Waals surface area (Å²) in [4.78, 5) is 18.3. The molecule has 2 fully saturated rings. The summed E-state index contributed by atoms with van der Waals surface area (Å²) in [6.07, 6.45) is 3.24. The summed E-state index contributed by atoms with van der Waals surface area (Å²) in [5.74, 6) is 0.650. The number of alkyl halides is 3. The smallest absolute Gasteiger partial charge is 0.377 e. The lowest BCUT2D eigenvalue weighted by atomic mass is 10.1. The minimum Gasteiger partial charge on any atom is -0.377 e. The molecule has 3 aromatic heterocycles. The fourth-order valence-electron chi connectivity index (χ4n) is 4.18. The Balaban J connectivity index is 1.72. The van der Waals surface area contributed by atoms with Crippen LogP contribution < -0.4 is 4.90 Å². The van der Waals surface area contributed by atoms with Crippen molar-refractivity contribution in [3.05, 3.63) is 36.3 Å². The van der Waals surface area contributed by atoms with Crippen LogP contribution >= 0.6 is 0 Å². The summed E-state index contributed by atoms with van der Waals surface area (Å²) in [5.41, 5.74) is -3.96. The van der Waals surface area contributed by atoms with Gasteiger partial charge in [-0.15, -0.1) is 0 Å². The predicted molar refractivity (Wildman–Crippen MR) is 113 cm³/mol. The molecule has 1 unspecified atom stereocenters. The van der Waals surface area contributed by atoms with Crippen molar-refractivity contribution in [2.75, 3.05) is 24.7 Å². The van der Waals surface area contributed by atoms with Crippen molar-refractivity contribution in [2.45, 2.75) is 36.1 Å². The average molecular weight is 466 g/mol. The normalized spacial score (nSPS) is 22.6. The average Bonchev–Trinajstić information content (AvgIpc) is 3.44. The summed E-state index contributed by atoms with van der Waals surface area (Å²) in [5, 5.41) is 0.720. The highest BCUT2D eigenvalue weighted by Gasteiger charge is 2.64. The number of H-pyrrole nitrogens is 1. The van der Waals surface area contributed by atoms with E-state index in [1.807, 2.05) is 11.8 Å². The molecule has 8 nitrogen and oxygen atoms in total. The highest BCUT2D eigenvalue weighted by molar-refractivity contribution is 7.94. The first-order chi connectivity index (χ1) is 15.1. The maximum absolute atomic E-state index is 13.6. The monoisotopic (exact) mass is 466 g/mol. The summed E-state index contributed by atoms with van der Waals surface area (Å²) in [7, 11) is -4.96. The van der Waals surface area contributed by atoms with Crippen LogP contribution in [0.4, 0.5) is 19.0 Å². The number of aromatic amines is 1. The molecule has 1 saturated carbocycles. The Labute approximate surface area is 182 Å². The topological polar surface area (TPSA) is 108 Å². The third-order valence-electron chi connectivity index (χ3n) is 6.12. The van der Waals surface area contributed by atoms with E-state index in [0.717, 1.165) is 5.39 Å². The number of hydrogen-bond donors (Lipinski definition) is 2. The van der Waals surface area contributed by atoms with E-state index in [1.165, 1.54) is 6.07 Å². The lowest BCUT2D eigenvalue weighted by Gasteiger charge is -2.35. The van der Waals surface area contributed by atoms with E-state index < -0.39 is 20.0 Å². The van der Waals surface area contributed by atoms with Gasteiger partial charge in [-0.05, 0) is 31.9 Å². The molecule has 1 saturated heterocycles. The quantitative estimate of drug-likeness (QED) is 0.606. The third-order valence-corrected chi connectivity index (χ3v) is 8.49. The lowest BCUT2D eigenvalue weighted by Crippen LogP contribution is -2.44. The van der Waals surface area contributed by atoms with Gasteiger partial charge in [0.1, 0.15) is 16.2 Å². The fraction of sp³-hybridized carbons (Fsp3) is 0.450. The molecular formula is C20H21F3N6O2S. The van der Waals surface area contributed by atoms with Crippen LogP contribution in [0.5, 0.6) is 0 Å². The summed E-state index contributed by atoms with van der Waals surface area (Å²) in [6, 6.07) is 4.90. The number of ether oxygens (including phenoxy) is 1. The Morgan fingerprint density at radius 2 is 2.09 bits per heavy atom. The molecule has 2 atom stereocenters. The number of halogens is 3. The number of fused-ring (bicyclic) bond motifs is 1. The molecule has 2 aliphatic rings. The van der Waals surface area contributed by atoms with E-state index in [9.17, 15) is 17.4 Å². The van der Waals surface area contributed by atoms with Crippen molar-refractivity contribution >= 4 is 26.6 Å². The molecule has 5 rings (SSSR count). The molecule has 3 aromatic rings. The second-order valence-electron chi connectivity index (χ2n) is 8.15. The molecule has 170 valence electrons. The molecule has 1 aliphatic carbocycles. The van der Waals surface area contributed by atoms with E-state index in [-0.39, 0.29) is 30.4 Å². The number of rotatable bonds is 4. The van der Waals surface area contributed by atoms with Crippen molar-refractivity contribution in [1.29, 1.82) is 4.78 Å². The van der Waals surface area contributed by atoms with Gasteiger partial charge in [0.15, 0.2) is 15.6 Å². The first kappa shape index (κ1) is 21.1. The number of hydrogen-bond acceptors (Lipinski definition) is 7. The number of nitrogens with zero attached hydrogens (tertiary/aromatic N) is 4. The molecule has 12 heteroatoms. The first-order valence-corrected chi connectivity index (χ1v) is 11.7. The molecule has 0 spiro atoms. The lowest BCUT2D eigenvalue weighted by molar-refractivity contribution is -0.0418. The molecule has 4 heterocycles. The van der Waals surface area contributed by atoms with Crippen molar-refractivity contribution in [1.82, 2.24) is 19.9 Å². The van der Waals surface area contributed by atoms with E-state index in [4.69, 9.17) is 9.52 Å². The summed E-state index contributed by atoms with van der Waals surface area (Å²) in [6.45, 7) is 3.36. The molecule has 1 aliphatic heterocycles. The number of morpholine rings is 1. The van der Waals surface area contributed by atoms with Crippen LogP contribution in [-0.2, 0) is 19.2 Å². The molecular weight excluding hydrogens is 445 g/mol. The maximum Gasteiger partial charge on any atom is 0.479 e. The Morgan fingerprint density at radius 3 is 2.78 bits per heavy atom. The van der Waals surface area contributed by atoms with Crippen molar-refractivity contribution in [3.63, 3.8) is 0 Å². The first-order valence-electron chi connectivity index (χ1n) is 10.2. The van der Waals surface area contributed by atoms with Crippen LogP contribution in [0.3, 0.4) is 0 Å². The standard InChI is InChI=1S/C20H21F3N6O2S/c1-12-11-31-9-8-29(12)16-10-15(19(4-5-19)32(24,30)20(21,22)23)27-18(28-16)14-3-7-26-17-13(14)2-6-25-17/h2-3,6-7,10,12,24H,4-5,8-9,11H2,1H3,(H,25,26)/t12-,32?/m1/s1. The SMILES string of the molecule is C[C@@H]1COCCN1c1cc(C2(S(=N)(=O)C(F)(F)F)CC2)nc(-c2ccnc3[nH]ccc23)n1. The Bertz CT molecular complexity index is 1290. The fourth-order valence-corrected chi connectivity index (χ4v) is 5.70. The largest absolute Gasteiger partial charge is 0.479 e. The van der Waals surface area contributed by atoms with Crippen LogP contribution in [0.15, 0.2) is 30.6 Å². The van der Waals surface area contributed by atoms with Gasteiger partial charge in [0.2, 0.25) is 0 Å². The van der Waals surface area contributed by atoms with Gasteiger partial charge in [0.25, 0.3) is 0 Å². The van der Waals surface area contributed by atoms with Gasteiger partial charge in [0.05, 0.1) is 24.9 Å². The van der Waals surface area contributed by atoms with Gasteiger partial charge in [-0.25, -0.2) is 23.9 Å².